The monoisotopic (exact) mass is 1540 g/mol. The van der Waals surface area contributed by atoms with Crippen molar-refractivity contribution in [2.45, 2.75) is 76.0 Å². The van der Waals surface area contributed by atoms with Crippen LogP contribution in [-0.4, -0.2) is 109 Å². The fourth-order valence-corrected chi connectivity index (χ4v) is 12.4. The second-order valence-corrected chi connectivity index (χ2v) is 28.6. The van der Waals surface area contributed by atoms with E-state index in [1.807, 2.05) is 19.2 Å². The van der Waals surface area contributed by atoms with Gasteiger partial charge in [-0.1, -0.05) is 86.7 Å². The highest BCUT2D eigenvalue weighted by atomic mass is 19.2. The molecule has 15 N–H and O–H groups in total. The number of H-pyrrole nitrogens is 8. The van der Waals surface area contributed by atoms with Crippen molar-refractivity contribution in [2.75, 3.05) is 7.05 Å². The molecule has 24 nitrogen and oxygen atoms in total. The van der Waals surface area contributed by atoms with E-state index in [0.29, 0.717) is 108 Å². The number of benzene rings is 8. The van der Waals surface area contributed by atoms with Gasteiger partial charge in [0.1, 0.15) is 69.2 Å². The van der Waals surface area contributed by atoms with Crippen molar-refractivity contribution in [2.24, 2.45) is 23.1 Å². The summed E-state index contributed by atoms with van der Waals surface area (Å²) in [6, 6.07) is 36.8. The van der Waals surface area contributed by atoms with Crippen LogP contribution >= 0.6 is 0 Å². The SMILES string of the molecule is CC(C)(N)c1nc(-c2cc(F)c3n[nH]c(/C=C/c4ccc(F)cc4)c3c2)n[nH]1.CN[C@H](c1nc(-c2cc3c(/C=C/c4ccc(F)cc4)n[nH]c3cc2F)n[nH]1)C(C)C.NC1(c2nc(-c3cc(F)c4n[nH]c(/C=C/c5ccc(F)cc5)c4c3)n[nH]2)CC1.NC1(c2nc(-c3cc4c(/C=C/c5ccc(F)cc5)n[nH]c4cc3F)n[nH]2)CC1. The molecule has 8 heterocycles. The summed E-state index contributed by atoms with van der Waals surface area (Å²) in [7, 11) is 1.85. The second-order valence-electron chi connectivity index (χ2n) is 28.6. The first-order valence-corrected chi connectivity index (χ1v) is 36.0. The number of rotatable bonds is 18. The Balaban J connectivity index is 0.000000120. The minimum absolute atomic E-state index is 0.0128. The molecule has 16 aromatic rings. The first kappa shape index (κ1) is 75.8. The summed E-state index contributed by atoms with van der Waals surface area (Å²) in [5.41, 5.74) is 25.7. The van der Waals surface area contributed by atoms with Crippen LogP contribution in [0.1, 0.15) is 128 Å². The summed E-state index contributed by atoms with van der Waals surface area (Å²) in [6.45, 7) is 7.74. The molecule has 0 unspecified atom stereocenters. The molecular weight excluding hydrogens is 1470 g/mol. The maximum Gasteiger partial charge on any atom is 0.184 e. The lowest BCUT2D eigenvalue weighted by atomic mass is 10.0. The number of nitrogens with one attached hydrogen (secondary N) is 9. The standard InChI is InChI=1S/C22H22F2N6.2C20H16F2N6.C20H18F2N6/c1-12(2)20(25-3)22-26-21(29-30-22)15-10-16-18(27-28-19(16)11-17(15)24)9-6-13-4-7-14(23)8-5-13;21-13-4-1-11(2-5-13)3-6-16-14-9-12(10-15(22)17(14)26-25-16)18-24-19(28-27-18)20(23)7-8-20;21-12-4-1-11(2-5-12)3-6-16-14-9-13(15(22)10-17(14)26-25-16)18-24-19(28-27-18)20(23)7-8-20;1-20(2,23)19-24-18(27-28-19)12-9-14-16(25-26-17(14)15(22)10-12)8-5-11-3-6-13(21)7-4-11/h4-12,20,25H,1-3H3,(H,27,28)(H,26,29,30);2*1-6,9-10H,7-8,23H2,(H,25,26)(H,24,27,28);3-10H,23H2,1-2H3,(H,25,26)(H,24,27,28)/b9-6+;2*6-3+;8-5+/t20-;;;/m0.../s1. The quantitative estimate of drug-likeness (QED) is 0.0355. The van der Waals surface area contributed by atoms with Gasteiger partial charge in [0.05, 0.1) is 67.6 Å². The van der Waals surface area contributed by atoms with E-state index in [1.54, 1.807) is 123 Å². The van der Waals surface area contributed by atoms with E-state index >= 15 is 0 Å². The normalized spacial score (nSPS) is 14.1. The van der Waals surface area contributed by atoms with E-state index in [0.717, 1.165) is 58.7 Å². The molecule has 0 radical (unpaired) electrons. The predicted molar refractivity (Wildman–Crippen MR) is 421 cm³/mol. The third-order valence-corrected chi connectivity index (χ3v) is 19.2. The van der Waals surface area contributed by atoms with E-state index in [9.17, 15) is 35.1 Å². The highest BCUT2D eigenvalue weighted by Crippen LogP contribution is 2.43. The number of nitrogens with two attached hydrogens (primary N) is 3. The number of hydrogen-bond acceptors (Lipinski definition) is 16. The molecule has 0 saturated heterocycles. The zero-order valence-electron chi connectivity index (χ0n) is 61.6. The Labute approximate surface area is 643 Å². The smallest absolute Gasteiger partial charge is 0.184 e. The zero-order chi connectivity index (χ0) is 79.7. The van der Waals surface area contributed by atoms with E-state index < -0.39 is 39.9 Å². The fraction of sp³-hybridized carbons (Fsp3) is 0.171. The summed E-state index contributed by atoms with van der Waals surface area (Å²) >= 11 is 0. The molecule has 18 rings (SSSR count). The van der Waals surface area contributed by atoms with Gasteiger partial charge in [-0.05, 0) is 184 Å². The van der Waals surface area contributed by atoms with E-state index in [4.69, 9.17) is 17.2 Å². The Kier molecular flexibility index (Phi) is 20.8. The predicted octanol–water partition coefficient (Wildman–Crippen LogP) is 16.2. The van der Waals surface area contributed by atoms with Crippen LogP contribution in [0.5, 0.6) is 0 Å². The third-order valence-electron chi connectivity index (χ3n) is 19.2. The molecule has 2 saturated carbocycles. The molecule has 8 aromatic carbocycles. The maximum absolute atomic E-state index is 14.7. The average molecular weight is 1550 g/mol. The van der Waals surface area contributed by atoms with Gasteiger partial charge in [-0.15, -0.1) is 0 Å². The molecule has 0 aliphatic heterocycles. The number of hydrogen-bond donors (Lipinski definition) is 12. The van der Waals surface area contributed by atoms with E-state index in [2.05, 4.69) is 121 Å². The van der Waals surface area contributed by atoms with Gasteiger partial charge in [-0.2, -0.15) is 40.8 Å². The van der Waals surface area contributed by atoms with Crippen molar-refractivity contribution in [3.8, 4) is 45.6 Å². The highest BCUT2D eigenvalue weighted by molar-refractivity contribution is 5.96. The van der Waals surface area contributed by atoms with Crippen molar-refractivity contribution >= 4 is 92.2 Å². The molecule has 0 bridgehead atoms. The molecular formula is C82H72F8N24. The topological polar surface area (TPSA) is 371 Å². The van der Waals surface area contributed by atoms with E-state index in [-0.39, 0.29) is 51.7 Å². The Bertz CT molecular complexity index is 6100. The summed E-state index contributed by atoms with van der Waals surface area (Å²) in [6.07, 6.45) is 17.7. The summed E-state index contributed by atoms with van der Waals surface area (Å²) in [4.78, 5) is 17.7. The first-order chi connectivity index (χ1) is 54.8. The van der Waals surface area contributed by atoms with Gasteiger partial charge in [0.15, 0.2) is 34.9 Å². The second kappa shape index (κ2) is 31.3. The molecule has 2 fully saturated rings. The largest absolute Gasteiger partial charge is 0.319 e. The molecule has 2 aliphatic rings. The van der Waals surface area contributed by atoms with Crippen LogP contribution in [0.4, 0.5) is 35.1 Å². The van der Waals surface area contributed by atoms with Crippen LogP contribution < -0.4 is 22.5 Å². The van der Waals surface area contributed by atoms with Crippen LogP contribution in [0.15, 0.2) is 146 Å². The Morgan fingerprint density at radius 1 is 0.395 bits per heavy atom. The number of nitrogens with zero attached hydrogens (tertiary/aromatic N) is 12. The van der Waals surface area contributed by atoms with Gasteiger partial charge in [0.2, 0.25) is 0 Å². The summed E-state index contributed by atoms with van der Waals surface area (Å²) < 4.78 is 111. The van der Waals surface area contributed by atoms with Gasteiger partial charge in [-0.3, -0.25) is 40.8 Å². The van der Waals surface area contributed by atoms with Crippen molar-refractivity contribution < 1.29 is 35.1 Å². The number of aromatic amines is 8. The van der Waals surface area contributed by atoms with Crippen LogP contribution in [0, 0.1) is 52.5 Å². The third kappa shape index (κ3) is 16.7. The average Bonchev–Trinajstić information content (AvgIpc) is 1.59. The molecule has 32 heteroatoms. The number of aromatic nitrogens is 20. The van der Waals surface area contributed by atoms with E-state index in [1.165, 1.54) is 72.8 Å². The molecule has 1 atom stereocenters. The molecule has 8 aromatic heterocycles. The summed E-state index contributed by atoms with van der Waals surface area (Å²) in [5, 5.41) is 61.9. The summed E-state index contributed by atoms with van der Waals surface area (Å²) in [5.74, 6) is 0.930. The van der Waals surface area contributed by atoms with Gasteiger partial charge in [0, 0.05) is 44.8 Å². The maximum atomic E-state index is 14.7. The van der Waals surface area contributed by atoms with Gasteiger partial charge < -0.3 is 22.5 Å². The molecule has 0 spiro atoms. The number of fused-ring (bicyclic) bond motifs is 4. The van der Waals surface area contributed by atoms with Crippen molar-refractivity contribution in [3.05, 3.63) is 260 Å². The molecule has 576 valence electrons. The first-order valence-electron chi connectivity index (χ1n) is 36.0. The number of halogens is 8. The highest BCUT2D eigenvalue weighted by Gasteiger charge is 2.44. The van der Waals surface area contributed by atoms with Crippen LogP contribution in [-0.2, 0) is 16.6 Å². The molecule has 2 aliphatic carbocycles. The van der Waals surface area contributed by atoms with Crippen molar-refractivity contribution in [3.63, 3.8) is 0 Å². The van der Waals surface area contributed by atoms with Gasteiger partial charge in [0.25, 0.3) is 0 Å². The fourth-order valence-electron chi connectivity index (χ4n) is 12.4. The van der Waals surface area contributed by atoms with Crippen LogP contribution in [0.2, 0.25) is 0 Å². The Hall–Kier alpha value is -13.6. The lowest BCUT2D eigenvalue weighted by Crippen LogP contribution is -2.30. The minimum Gasteiger partial charge on any atom is -0.319 e. The molecule has 114 heavy (non-hydrogen) atoms. The lowest BCUT2D eigenvalue weighted by Gasteiger charge is -2.16. The molecule has 0 amide bonds. The van der Waals surface area contributed by atoms with Crippen molar-refractivity contribution in [1.29, 1.82) is 0 Å². The van der Waals surface area contributed by atoms with Crippen molar-refractivity contribution in [1.82, 2.24) is 107 Å². The van der Waals surface area contributed by atoms with Crippen LogP contribution in [0.3, 0.4) is 0 Å². The van der Waals surface area contributed by atoms with Crippen LogP contribution in [0.25, 0.3) is 138 Å². The zero-order valence-corrected chi connectivity index (χ0v) is 61.6. The lowest BCUT2D eigenvalue weighted by molar-refractivity contribution is 0.424. The Morgan fingerprint density at radius 2 is 0.772 bits per heavy atom. The van der Waals surface area contributed by atoms with Gasteiger partial charge >= 0.3 is 0 Å². The van der Waals surface area contributed by atoms with Gasteiger partial charge in [-0.25, -0.2) is 55.1 Å². The minimum atomic E-state index is -0.688. The Morgan fingerprint density at radius 3 is 1.17 bits per heavy atom.